The minimum absolute atomic E-state index is 0.0302. The lowest BCUT2D eigenvalue weighted by molar-refractivity contribution is -0.145. The molecule has 4 amide bonds. The smallest absolute Gasteiger partial charge is 0.410 e. The lowest BCUT2D eigenvalue weighted by Crippen LogP contribution is -2.57. The molecule has 3 aliphatic heterocycles. The monoisotopic (exact) mass is 616 g/mol. The number of hydrogen-bond acceptors (Lipinski definition) is 8. The maximum Gasteiger partial charge on any atom is 0.410 e. The largest absolute Gasteiger partial charge is 0.486 e. The molecule has 2 N–H and O–H groups in total. The van der Waals surface area contributed by atoms with Crippen LogP contribution in [-0.4, -0.2) is 77.6 Å². The van der Waals surface area contributed by atoms with Crippen LogP contribution >= 0.6 is 0 Å². The molecule has 1 aromatic rings. The van der Waals surface area contributed by atoms with Crippen LogP contribution in [0.15, 0.2) is 43.2 Å². The third-order valence-electron chi connectivity index (χ3n) is 8.82. The van der Waals surface area contributed by atoms with Crippen LogP contribution in [0.1, 0.15) is 49.7 Å². The van der Waals surface area contributed by atoms with Gasteiger partial charge in [0.2, 0.25) is 15.9 Å². The lowest BCUT2D eigenvalue weighted by Gasteiger charge is -2.28. The van der Waals surface area contributed by atoms with E-state index in [1.807, 2.05) is 0 Å². The van der Waals surface area contributed by atoms with Crippen LogP contribution in [0.4, 0.5) is 9.18 Å². The van der Waals surface area contributed by atoms with Gasteiger partial charge in [0.05, 0.1) is 24.1 Å². The van der Waals surface area contributed by atoms with E-state index in [9.17, 15) is 32.0 Å². The van der Waals surface area contributed by atoms with Crippen molar-refractivity contribution in [2.75, 3.05) is 6.54 Å². The van der Waals surface area contributed by atoms with Gasteiger partial charge in [0.15, 0.2) is 6.10 Å². The summed E-state index contributed by atoms with van der Waals surface area (Å²) < 4.78 is 52.5. The average Bonchev–Trinajstić information content (AvgIpc) is 3.78. The summed E-state index contributed by atoms with van der Waals surface area (Å²) in [5, 5.41) is 2.06. The number of ether oxygens (including phenoxy) is 2. The van der Waals surface area contributed by atoms with Gasteiger partial charge in [-0.2, -0.15) is 0 Å². The summed E-state index contributed by atoms with van der Waals surface area (Å²) in [7, 11) is -3.87. The first-order chi connectivity index (χ1) is 20.4. The van der Waals surface area contributed by atoms with Crippen LogP contribution in [0, 0.1) is 11.7 Å². The number of nitrogens with one attached hydrogen (secondary N) is 2. The molecule has 14 heteroatoms. The Labute approximate surface area is 248 Å². The molecular weight excluding hydrogens is 583 g/mol. The van der Waals surface area contributed by atoms with Crippen molar-refractivity contribution >= 4 is 33.8 Å². The summed E-state index contributed by atoms with van der Waals surface area (Å²) in [6.45, 7) is 7.53. The van der Waals surface area contributed by atoms with E-state index in [2.05, 4.69) is 23.2 Å². The molecule has 4 fully saturated rings. The Bertz CT molecular complexity index is 1530. The van der Waals surface area contributed by atoms with E-state index in [0.717, 1.165) is 0 Å². The van der Waals surface area contributed by atoms with Crippen LogP contribution in [0.2, 0.25) is 0 Å². The van der Waals surface area contributed by atoms with Crippen LogP contribution < -0.4 is 10.0 Å². The number of amides is 4. The van der Waals surface area contributed by atoms with Gasteiger partial charge >= 0.3 is 6.09 Å². The number of allylic oxidation sites excluding steroid dienone is 1. The van der Waals surface area contributed by atoms with Crippen LogP contribution in [0.3, 0.4) is 0 Å². The fraction of sp³-hybridized carbons (Fsp3) is 0.517. The first-order valence-electron chi connectivity index (χ1n) is 14.3. The number of sulfonamides is 1. The molecule has 2 saturated heterocycles. The van der Waals surface area contributed by atoms with Gasteiger partial charge in [-0.25, -0.2) is 17.6 Å². The van der Waals surface area contributed by atoms with Crippen molar-refractivity contribution in [3.8, 4) is 0 Å². The van der Waals surface area contributed by atoms with Crippen molar-refractivity contribution < 1.29 is 41.5 Å². The second-order valence-electron chi connectivity index (χ2n) is 11.8. The van der Waals surface area contributed by atoms with Gasteiger partial charge in [-0.1, -0.05) is 24.8 Å². The first-order valence-corrected chi connectivity index (χ1v) is 15.8. The summed E-state index contributed by atoms with van der Waals surface area (Å²) in [6, 6.07) is 3.49. The van der Waals surface area contributed by atoms with Crippen LogP contribution in [0.5, 0.6) is 0 Å². The Morgan fingerprint density at radius 1 is 1.16 bits per heavy atom. The van der Waals surface area contributed by atoms with Gasteiger partial charge in [0.1, 0.15) is 23.5 Å². The molecule has 2 aliphatic carbocycles. The molecule has 6 rings (SSSR count). The molecule has 0 spiro atoms. The zero-order valence-electron chi connectivity index (χ0n) is 23.4. The Balaban J connectivity index is 1.17. The normalized spacial score (nSPS) is 29.5. The highest BCUT2D eigenvalue weighted by atomic mass is 32.2. The van der Waals surface area contributed by atoms with E-state index >= 15 is 0 Å². The molecule has 2 saturated carbocycles. The Kier molecular flexibility index (Phi) is 7.22. The molecule has 5 unspecified atom stereocenters. The van der Waals surface area contributed by atoms with Crippen molar-refractivity contribution in [1.29, 1.82) is 0 Å². The molecule has 43 heavy (non-hydrogen) atoms. The number of carbonyl (C=O) groups excluding carboxylic acids is 4. The van der Waals surface area contributed by atoms with Crippen molar-refractivity contribution in [1.82, 2.24) is 19.8 Å². The predicted molar refractivity (Wildman–Crippen MR) is 149 cm³/mol. The summed E-state index contributed by atoms with van der Waals surface area (Å²) in [5.41, 5.74) is -0.454. The van der Waals surface area contributed by atoms with Gasteiger partial charge in [-0.3, -0.25) is 24.0 Å². The van der Waals surface area contributed by atoms with E-state index in [1.165, 1.54) is 21.9 Å². The third-order valence-corrected chi connectivity index (χ3v) is 10.6. The van der Waals surface area contributed by atoms with Crippen molar-refractivity contribution in [2.45, 2.75) is 80.7 Å². The average molecular weight is 617 g/mol. The van der Waals surface area contributed by atoms with E-state index in [1.54, 1.807) is 12.1 Å². The molecule has 5 aliphatic rings. The minimum atomic E-state index is -3.87. The number of likely N-dealkylation sites (tertiary alicyclic amines) is 1. The third kappa shape index (κ3) is 5.48. The van der Waals surface area contributed by atoms with Crippen molar-refractivity contribution in [3.05, 3.63) is 60.1 Å². The number of hydrogen-bond donors (Lipinski definition) is 2. The zero-order valence-corrected chi connectivity index (χ0v) is 24.2. The van der Waals surface area contributed by atoms with E-state index < -0.39 is 74.6 Å². The molecule has 0 radical (unpaired) electrons. The summed E-state index contributed by atoms with van der Waals surface area (Å²) in [5.74, 6) is -2.51. The lowest BCUT2D eigenvalue weighted by atomic mass is 10.1. The standard InChI is InChI=1S/C29H33FN4O8S/c1-3-18-12-29(18,27(37)32-43(39,40)20-8-9-20)31-25(35)23-11-19(14-34(23)26(36)24-10-7-16(2)41-24)42-28(38)33-13-17-5-4-6-22(30)21(17)15-33/h3-6,18-20,23-24H,1-2,7-15H2,(H,31,35)(H,32,37). The van der Waals surface area contributed by atoms with Gasteiger partial charge in [0.25, 0.3) is 11.8 Å². The van der Waals surface area contributed by atoms with Crippen molar-refractivity contribution in [3.63, 3.8) is 0 Å². The summed E-state index contributed by atoms with van der Waals surface area (Å²) in [6.07, 6.45) is 0.861. The summed E-state index contributed by atoms with van der Waals surface area (Å²) in [4.78, 5) is 56.1. The molecule has 5 atom stereocenters. The molecular formula is C29H33FN4O8S. The van der Waals surface area contributed by atoms with E-state index in [4.69, 9.17) is 9.47 Å². The highest BCUT2D eigenvalue weighted by Crippen LogP contribution is 2.45. The topological polar surface area (TPSA) is 151 Å². The quantitative estimate of drug-likeness (QED) is 0.418. The molecule has 0 bridgehead atoms. The van der Waals surface area contributed by atoms with Crippen LogP contribution in [-0.2, 0) is 47.0 Å². The number of benzene rings is 1. The van der Waals surface area contributed by atoms with E-state index in [-0.39, 0.29) is 32.5 Å². The SMILES string of the molecule is C=CC1CC1(NC(=O)C1CC(OC(=O)N2Cc3cccc(F)c3C2)CN1C(=O)C1CCC(=C)O1)C(=O)NS(=O)(=O)C1CC1. The molecule has 3 heterocycles. The zero-order chi connectivity index (χ0) is 30.7. The fourth-order valence-electron chi connectivity index (χ4n) is 6.09. The maximum atomic E-state index is 14.2. The van der Waals surface area contributed by atoms with E-state index in [0.29, 0.717) is 42.6 Å². The minimum Gasteiger partial charge on any atom is -0.486 e. The number of fused-ring (bicyclic) bond motifs is 1. The van der Waals surface area contributed by atoms with Gasteiger partial charge < -0.3 is 19.7 Å². The molecule has 0 aromatic heterocycles. The molecule has 12 nitrogen and oxygen atoms in total. The number of carbonyl (C=O) groups is 4. The van der Waals surface area contributed by atoms with Gasteiger partial charge in [-0.15, -0.1) is 6.58 Å². The van der Waals surface area contributed by atoms with Crippen molar-refractivity contribution in [2.24, 2.45) is 5.92 Å². The van der Waals surface area contributed by atoms with Gasteiger partial charge in [0, 0.05) is 37.3 Å². The number of rotatable bonds is 8. The highest BCUT2D eigenvalue weighted by molar-refractivity contribution is 7.91. The van der Waals surface area contributed by atoms with Crippen LogP contribution in [0.25, 0.3) is 0 Å². The predicted octanol–water partition coefficient (Wildman–Crippen LogP) is 1.61. The van der Waals surface area contributed by atoms with Gasteiger partial charge in [-0.05, 0) is 30.9 Å². The number of nitrogens with zero attached hydrogens (tertiary/aromatic N) is 2. The Morgan fingerprint density at radius 3 is 2.56 bits per heavy atom. The molecule has 230 valence electrons. The Hall–Kier alpha value is -3.94. The molecule has 1 aromatic carbocycles. The second-order valence-corrected chi connectivity index (χ2v) is 13.8. The fourth-order valence-corrected chi connectivity index (χ4v) is 7.46. The second kappa shape index (κ2) is 10.6. The highest BCUT2D eigenvalue weighted by Gasteiger charge is 2.62. The first kappa shape index (κ1) is 29.1. The Morgan fingerprint density at radius 2 is 1.93 bits per heavy atom. The number of halogens is 1. The maximum absolute atomic E-state index is 14.2. The summed E-state index contributed by atoms with van der Waals surface area (Å²) >= 11 is 0.